The summed E-state index contributed by atoms with van der Waals surface area (Å²) in [6, 6.07) is 8.68. The van der Waals surface area contributed by atoms with Crippen molar-refractivity contribution in [2.24, 2.45) is 5.73 Å². The third kappa shape index (κ3) is 3.91. The topological polar surface area (TPSA) is 72.2 Å². The molecule has 6 heteroatoms. The first kappa shape index (κ1) is 16.2. The Morgan fingerprint density at radius 2 is 2.10 bits per heavy atom. The van der Waals surface area contributed by atoms with Crippen LogP contribution in [0.2, 0.25) is 0 Å². The molecule has 0 saturated heterocycles. The Morgan fingerprint density at radius 1 is 1.33 bits per heavy atom. The minimum Gasteiger partial charge on any atom is -0.324 e. The van der Waals surface area contributed by atoms with E-state index >= 15 is 0 Å². The molecule has 0 bridgehead atoms. The largest absolute Gasteiger partial charge is 0.324 e. The maximum absolute atomic E-state index is 12.4. The van der Waals surface area contributed by atoms with Crippen molar-refractivity contribution in [3.63, 3.8) is 0 Å². The molecule has 1 heterocycles. The summed E-state index contributed by atoms with van der Waals surface area (Å²) in [5, 5.41) is 1.96. The van der Waals surface area contributed by atoms with Gasteiger partial charge in [0, 0.05) is 17.5 Å². The van der Waals surface area contributed by atoms with Gasteiger partial charge >= 0.3 is 0 Å². The van der Waals surface area contributed by atoms with Crippen LogP contribution in [0, 0.1) is 6.92 Å². The van der Waals surface area contributed by atoms with Crippen molar-refractivity contribution in [3.8, 4) is 0 Å². The molecule has 4 nitrogen and oxygen atoms in total. The molecule has 1 unspecified atom stereocenters. The fraction of sp³-hybridized carbons (Fsp3) is 0.333. The van der Waals surface area contributed by atoms with Crippen LogP contribution in [-0.4, -0.2) is 8.42 Å². The molecule has 2 aromatic rings. The molecular formula is C15H20N2O2S2. The zero-order valence-corrected chi connectivity index (χ0v) is 13.8. The summed E-state index contributed by atoms with van der Waals surface area (Å²) in [5.41, 5.74) is 7.91. The molecule has 1 aromatic carbocycles. The fourth-order valence-electron chi connectivity index (χ4n) is 1.98. The van der Waals surface area contributed by atoms with E-state index in [-0.39, 0.29) is 10.9 Å². The normalized spacial score (nSPS) is 13.3. The molecule has 0 radical (unpaired) electrons. The van der Waals surface area contributed by atoms with E-state index in [1.807, 2.05) is 31.4 Å². The number of nitrogens with two attached hydrogens (primary N) is 1. The first-order chi connectivity index (χ1) is 9.94. The van der Waals surface area contributed by atoms with E-state index in [1.54, 1.807) is 29.5 Å². The molecule has 3 N–H and O–H groups in total. The van der Waals surface area contributed by atoms with Crippen LogP contribution < -0.4 is 10.5 Å². The number of sulfonamides is 1. The molecular weight excluding hydrogens is 304 g/mol. The highest BCUT2D eigenvalue weighted by molar-refractivity contribution is 7.89. The van der Waals surface area contributed by atoms with E-state index in [0.29, 0.717) is 6.54 Å². The van der Waals surface area contributed by atoms with Gasteiger partial charge in [0.1, 0.15) is 0 Å². The maximum Gasteiger partial charge on any atom is 0.240 e. The summed E-state index contributed by atoms with van der Waals surface area (Å²) in [6.07, 6.45) is 0.769. The molecule has 0 amide bonds. The van der Waals surface area contributed by atoms with Crippen LogP contribution in [-0.2, 0) is 16.6 Å². The lowest BCUT2D eigenvalue weighted by atomic mass is 10.1. The lowest BCUT2D eigenvalue weighted by Crippen LogP contribution is -2.23. The van der Waals surface area contributed by atoms with Gasteiger partial charge < -0.3 is 5.73 Å². The Kier molecular flexibility index (Phi) is 5.16. The molecule has 2 rings (SSSR count). The number of aryl methyl sites for hydroxylation is 1. The summed E-state index contributed by atoms with van der Waals surface area (Å²) in [4.78, 5) is 1.29. The lowest BCUT2D eigenvalue weighted by molar-refractivity contribution is 0.581. The van der Waals surface area contributed by atoms with Crippen LogP contribution in [0.3, 0.4) is 0 Å². The number of rotatable bonds is 6. The minimum absolute atomic E-state index is 0.139. The van der Waals surface area contributed by atoms with Crippen LogP contribution in [0.25, 0.3) is 0 Å². The fourth-order valence-corrected chi connectivity index (χ4v) is 3.96. The summed E-state index contributed by atoms with van der Waals surface area (Å²) in [5.74, 6) is 0. The number of hydrogen-bond acceptors (Lipinski definition) is 4. The van der Waals surface area contributed by atoms with Crippen molar-refractivity contribution in [2.45, 2.75) is 37.8 Å². The summed E-state index contributed by atoms with van der Waals surface area (Å²) >= 11 is 1.55. The minimum atomic E-state index is -3.52. The zero-order valence-electron chi connectivity index (χ0n) is 12.2. The van der Waals surface area contributed by atoms with Crippen LogP contribution >= 0.6 is 11.3 Å². The van der Waals surface area contributed by atoms with Gasteiger partial charge in [-0.05, 0) is 48.1 Å². The van der Waals surface area contributed by atoms with E-state index in [2.05, 4.69) is 4.72 Å². The van der Waals surface area contributed by atoms with Crippen LogP contribution in [0.15, 0.2) is 40.6 Å². The zero-order chi connectivity index (χ0) is 15.5. The van der Waals surface area contributed by atoms with Crippen molar-refractivity contribution < 1.29 is 8.42 Å². The second kappa shape index (κ2) is 6.70. The highest BCUT2D eigenvalue weighted by Gasteiger charge is 2.16. The van der Waals surface area contributed by atoms with Gasteiger partial charge in [-0.3, -0.25) is 0 Å². The average Bonchev–Trinajstić information content (AvgIpc) is 2.90. The summed E-state index contributed by atoms with van der Waals surface area (Å²) < 4.78 is 27.4. The first-order valence-corrected chi connectivity index (χ1v) is 9.18. The van der Waals surface area contributed by atoms with Gasteiger partial charge in [-0.2, -0.15) is 0 Å². The summed E-state index contributed by atoms with van der Waals surface area (Å²) in [6.45, 7) is 4.26. The quantitative estimate of drug-likeness (QED) is 0.858. The Bertz CT molecular complexity index is 708. The maximum atomic E-state index is 12.4. The molecule has 1 atom stereocenters. The predicted octanol–water partition coefficient (Wildman–Crippen LogP) is 2.94. The van der Waals surface area contributed by atoms with Crippen molar-refractivity contribution in [2.75, 3.05) is 0 Å². The van der Waals surface area contributed by atoms with E-state index in [4.69, 9.17) is 5.73 Å². The van der Waals surface area contributed by atoms with Crippen molar-refractivity contribution >= 4 is 21.4 Å². The molecule has 21 heavy (non-hydrogen) atoms. The number of nitrogens with one attached hydrogen (secondary N) is 1. The Labute approximate surface area is 130 Å². The van der Waals surface area contributed by atoms with Crippen molar-refractivity contribution in [1.29, 1.82) is 0 Å². The van der Waals surface area contributed by atoms with E-state index in [0.717, 1.165) is 22.4 Å². The molecule has 0 aliphatic heterocycles. The second-order valence-electron chi connectivity index (χ2n) is 4.94. The smallest absolute Gasteiger partial charge is 0.240 e. The van der Waals surface area contributed by atoms with Crippen LogP contribution in [0.1, 0.15) is 35.4 Å². The lowest BCUT2D eigenvalue weighted by Gasteiger charge is -2.12. The third-order valence-corrected chi connectivity index (χ3v) is 5.85. The predicted molar refractivity (Wildman–Crippen MR) is 86.7 cm³/mol. The highest BCUT2D eigenvalue weighted by Crippen LogP contribution is 2.20. The van der Waals surface area contributed by atoms with E-state index in [9.17, 15) is 8.42 Å². The van der Waals surface area contributed by atoms with Crippen LogP contribution in [0.5, 0.6) is 0 Å². The first-order valence-electron chi connectivity index (χ1n) is 6.82. The van der Waals surface area contributed by atoms with E-state index < -0.39 is 10.0 Å². The average molecular weight is 324 g/mol. The standard InChI is InChI=1S/C15H20N2O2S2/c1-3-14(16)12-5-4-6-13(9-12)21(18,19)17-10-15-11(2)7-8-20-15/h4-9,14,17H,3,10,16H2,1-2H3. The molecule has 0 aliphatic rings. The SMILES string of the molecule is CCC(N)c1cccc(S(=O)(=O)NCc2sccc2C)c1. The Balaban J connectivity index is 2.18. The van der Waals surface area contributed by atoms with Crippen LogP contribution in [0.4, 0.5) is 0 Å². The third-order valence-electron chi connectivity index (χ3n) is 3.43. The summed E-state index contributed by atoms with van der Waals surface area (Å²) in [7, 11) is -3.52. The van der Waals surface area contributed by atoms with Gasteiger partial charge in [0.05, 0.1) is 4.90 Å². The number of benzene rings is 1. The van der Waals surface area contributed by atoms with Gasteiger partial charge in [0.15, 0.2) is 0 Å². The molecule has 114 valence electrons. The highest BCUT2D eigenvalue weighted by atomic mass is 32.2. The van der Waals surface area contributed by atoms with Gasteiger partial charge in [0.25, 0.3) is 0 Å². The van der Waals surface area contributed by atoms with Gasteiger partial charge in [-0.25, -0.2) is 13.1 Å². The molecule has 0 aliphatic carbocycles. The van der Waals surface area contributed by atoms with Crippen molar-refractivity contribution in [3.05, 3.63) is 51.7 Å². The number of hydrogen-bond donors (Lipinski definition) is 2. The second-order valence-corrected chi connectivity index (χ2v) is 7.71. The van der Waals surface area contributed by atoms with E-state index in [1.165, 1.54) is 0 Å². The Hall–Kier alpha value is -1.21. The van der Waals surface area contributed by atoms with Gasteiger partial charge in [-0.15, -0.1) is 11.3 Å². The molecule has 1 aromatic heterocycles. The Morgan fingerprint density at radius 3 is 2.71 bits per heavy atom. The monoisotopic (exact) mass is 324 g/mol. The molecule has 0 fully saturated rings. The molecule has 0 spiro atoms. The van der Waals surface area contributed by atoms with Crippen molar-refractivity contribution in [1.82, 2.24) is 4.72 Å². The van der Waals surface area contributed by atoms with Gasteiger partial charge in [-0.1, -0.05) is 19.1 Å². The number of thiophene rings is 1. The van der Waals surface area contributed by atoms with Gasteiger partial charge in [0.2, 0.25) is 10.0 Å². The molecule has 0 saturated carbocycles.